The molecule has 5 heteroatoms. The number of amides is 2. The molecule has 0 radical (unpaired) electrons. The van der Waals surface area contributed by atoms with Crippen molar-refractivity contribution in [3.05, 3.63) is 59.2 Å². The maximum absolute atomic E-state index is 12.6. The fourth-order valence-corrected chi connectivity index (χ4v) is 5.19. The first kappa shape index (κ1) is 19.1. The Morgan fingerprint density at radius 2 is 1.86 bits per heavy atom. The van der Waals surface area contributed by atoms with E-state index in [9.17, 15) is 9.59 Å². The number of thioether (sulfide) groups is 1. The number of anilines is 2. The van der Waals surface area contributed by atoms with Gasteiger partial charge in [0.2, 0.25) is 11.8 Å². The second-order valence-electron chi connectivity index (χ2n) is 7.79. The molecule has 4 rings (SSSR count). The van der Waals surface area contributed by atoms with Crippen molar-refractivity contribution in [2.24, 2.45) is 5.92 Å². The fourth-order valence-electron chi connectivity index (χ4n) is 4.03. The van der Waals surface area contributed by atoms with Gasteiger partial charge in [-0.1, -0.05) is 31.0 Å². The van der Waals surface area contributed by atoms with Gasteiger partial charge in [-0.2, -0.15) is 0 Å². The van der Waals surface area contributed by atoms with Gasteiger partial charge in [0.05, 0.1) is 5.75 Å². The van der Waals surface area contributed by atoms with Crippen molar-refractivity contribution in [3.63, 3.8) is 0 Å². The van der Waals surface area contributed by atoms with Crippen LogP contribution in [0.5, 0.6) is 0 Å². The summed E-state index contributed by atoms with van der Waals surface area (Å²) in [5.41, 5.74) is 5.19. The second kappa shape index (κ2) is 8.00. The van der Waals surface area contributed by atoms with E-state index >= 15 is 0 Å². The van der Waals surface area contributed by atoms with Gasteiger partial charge in [-0.25, -0.2) is 0 Å². The van der Waals surface area contributed by atoms with Crippen LogP contribution in [-0.2, 0) is 9.59 Å². The van der Waals surface area contributed by atoms with Crippen molar-refractivity contribution in [1.82, 2.24) is 0 Å². The zero-order chi connectivity index (χ0) is 19.7. The molecule has 4 nitrogen and oxygen atoms in total. The highest BCUT2D eigenvalue weighted by molar-refractivity contribution is 8.00. The van der Waals surface area contributed by atoms with Gasteiger partial charge in [-0.05, 0) is 67.6 Å². The predicted molar refractivity (Wildman–Crippen MR) is 116 cm³/mol. The average molecular weight is 395 g/mol. The van der Waals surface area contributed by atoms with E-state index < -0.39 is 0 Å². The third kappa shape index (κ3) is 3.81. The van der Waals surface area contributed by atoms with Crippen LogP contribution in [0, 0.1) is 19.8 Å². The highest BCUT2D eigenvalue weighted by Crippen LogP contribution is 2.42. The number of carbonyl (C=O) groups excluding carboxylic acids is 2. The van der Waals surface area contributed by atoms with Crippen molar-refractivity contribution in [3.8, 4) is 0 Å². The molecule has 1 aliphatic carbocycles. The molecule has 0 bridgehead atoms. The Balaban J connectivity index is 1.57. The number of aryl methyl sites for hydroxylation is 2. The fraction of sp³-hybridized carbons (Fsp3) is 0.391. The largest absolute Gasteiger partial charge is 0.326 e. The van der Waals surface area contributed by atoms with E-state index in [4.69, 9.17) is 0 Å². The Morgan fingerprint density at radius 1 is 1.07 bits per heavy atom. The minimum Gasteiger partial charge on any atom is -0.326 e. The standard InChI is InChI=1S/C23H26N2O2S/c1-15-10-11-20(12-16(15)2)25-21(26)14-28-23(25)18-8-5-9-19(13-18)24-22(27)17-6-3-4-7-17/h5,8-13,17,23H,3-4,6-7,14H2,1-2H3,(H,24,27). The zero-order valence-corrected chi connectivity index (χ0v) is 17.2. The van der Waals surface area contributed by atoms with E-state index in [-0.39, 0.29) is 23.1 Å². The minimum atomic E-state index is -0.0714. The Morgan fingerprint density at radius 3 is 2.61 bits per heavy atom. The topological polar surface area (TPSA) is 49.4 Å². The third-order valence-electron chi connectivity index (χ3n) is 5.80. The van der Waals surface area contributed by atoms with Crippen LogP contribution in [0.2, 0.25) is 0 Å². The highest BCUT2D eigenvalue weighted by atomic mass is 32.2. The first-order chi connectivity index (χ1) is 13.5. The predicted octanol–water partition coefficient (Wildman–Crippen LogP) is 5.21. The lowest BCUT2D eigenvalue weighted by Crippen LogP contribution is -2.28. The number of nitrogens with zero attached hydrogens (tertiary/aromatic N) is 1. The van der Waals surface area contributed by atoms with Crippen molar-refractivity contribution in [2.45, 2.75) is 44.9 Å². The molecule has 1 aliphatic heterocycles. The number of hydrogen-bond acceptors (Lipinski definition) is 3. The summed E-state index contributed by atoms with van der Waals surface area (Å²) in [6.07, 6.45) is 4.26. The molecule has 1 atom stereocenters. The lowest BCUT2D eigenvalue weighted by molar-refractivity contribution is -0.119. The van der Waals surface area contributed by atoms with Crippen LogP contribution in [0.4, 0.5) is 11.4 Å². The summed E-state index contributed by atoms with van der Waals surface area (Å²) in [5.74, 6) is 0.851. The van der Waals surface area contributed by atoms with Gasteiger partial charge in [-0.3, -0.25) is 14.5 Å². The average Bonchev–Trinajstić information content (AvgIpc) is 3.34. The monoisotopic (exact) mass is 394 g/mol. The molecule has 1 saturated heterocycles. The second-order valence-corrected chi connectivity index (χ2v) is 8.86. The Hall–Kier alpha value is -2.27. The van der Waals surface area contributed by atoms with Gasteiger partial charge in [0, 0.05) is 17.3 Å². The molecule has 28 heavy (non-hydrogen) atoms. The van der Waals surface area contributed by atoms with Crippen LogP contribution >= 0.6 is 11.8 Å². The van der Waals surface area contributed by atoms with Crippen LogP contribution in [0.1, 0.15) is 47.7 Å². The summed E-state index contributed by atoms with van der Waals surface area (Å²) in [4.78, 5) is 27.0. The van der Waals surface area contributed by atoms with Gasteiger partial charge in [0.25, 0.3) is 0 Å². The van der Waals surface area contributed by atoms with E-state index in [1.54, 1.807) is 11.8 Å². The highest BCUT2D eigenvalue weighted by Gasteiger charge is 2.34. The summed E-state index contributed by atoms with van der Waals surface area (Å²) in [5, 5.41) is 3.01. The molecule has 146 valence electrons. The van der Waals surface area contributed by atoms with Gasteiger partial charge >= 0.3 is 0 Å². The van der Waals surface area contributed by atoms with E-state index in [0.29, 0.717) is 5.75 Å². The SMILES string of the molecule is Cc1ccc(N2C(=O)CSC2c2cccc(NC(=O)C3CCCC3)c2)cc1C. The van der Waals surface area contributed by atoms with Crippen molar-refractivity contribution in [2.75, 3.05) is 16.0 Å². The minimum absolute atomic E-state index is 0.0714. The molecule has 1 N–H and O–H groups in total. The number of nitrogens with one attached hydrogen (secondary N) is 1. The molecule has 2 aliphatic rings. The molecule has 2 fully saturated rings. The number of carbonyl (C=O) groups is 2. The normalized spacial score (nSPS) is 20.0. The third-order valence-corrected chi connectivity index (χ3v) is 7.01. The molecule has 1 heterocycles. The van der Waals surface area contributed by atoms with Crippen molar-refractivity contribution in [1.29, 1.82) is 0 Å². The first-order valence-electron chi connectivity index (χ1n) is 9.94. The van der Waals surface area contributed by atoms with Crippen LogP contribution in [0.3, 0.4) is 0 Å². The summed E-state index contributed by atoms with van der Waals surface area (Å²) in [6, 6.07) is 14.1. The van der Waals surface area contributed by atoms with Crippen LogP contribution in [-0.4, -0.2) is 17.6 Å². The van der Waals surface area contributed by atoms with Gasteiger partial charge in [0.15, 0.2) is 0 Å². The van der Waals surface area contributed by atoms with Gasteiger partial charge in [0.1, 0.15) is 5.37 Å². The molecule has 1 saturated carbocycles. The molecule has 0 spiro atoms. The summed E-state index contributed by atoms with van der Waals surface area (Å²) in [6.45, 7) is 4.15. The smallest absolute Gasteiger partial charge is 0.238 e. The summed E-state index contributed by atoms with van der Waals surface area (Å²) < 4.78 is 0. The summed E-state index contributed by atoms with van der Waals surface area (Å²) in [7, 11) is 0. The summed E-state index contributed by atoms with van der Waals surface area (Å²) >= 11 is 1.63. The quantitative estimate of drug-likeness (QED) is 0.774. The molecule has 1 unspecified atom stereocenters. The van der Waals surface area contributed by atoms with Gasteiger partial charge < -0.3 is 5.32 Å². The lowest BCUT2D eigenvalue weighted by Gasteiger charge is -2.25. The zero-order valence-electron chi connectivity index (χ0n) is 16.4. The van der Waals surface area contributed by atoms with E-state index in [0.717, 1.165) is 42.6 Å². The maximum atomic E-state index is 12.6. The van der Waals surface area contributed by atoms with E-state index in [2.05, 4.69) is 31.3 Å². The van der Waals surface area contributed by atoms with Gasteiger partial charge in [-0.15, -0.1) is 11.8 Å². The van der Waals surface area contributed by atoms with Crippen molar-refractivity contribution >= 4 is 35.0 Å². The van der Waals surface area contributed by atoms with Crippen LogP contribution in [0.15, 0.2) is 42.5 Å². The van der Waals surface area contributed by atoms with E-state index in [1.165, 1.54) is 11.1 Å². The Kier molecular flexibility index (Phi) is 5.44. The lowest BCUT2D eigenvalue weighted by atomic mass is 10.1. The Bertz CT molecular complexity index is 905. The van der Waals surface area contributed by atoms with Crippen molar-refractivity contribution < 1.29 is 9.59 Å². The van der Waals surface area contributed by atoms with Crippen LogP contribution in [0.25, 0.3) is 0 Å². The number of hydrogen-bond donors (Lipinski definition) is 1. The molecule has 2 aromatic carbocycles. The molecular weight excluding hydrogens is 368 g/mol. The molecular formula is C23H26N2O2S. The number of benzene rings is 2. The van der Waals surface area contributed by atoms with E-state index in [1.807, 2.05) is 35.2 Å². The number of rotatable bonds is 4. The molecule has 0 aromatic heterocycles. The first-order valence-corrected chi connectivity index (χ1v) is 11.0. The van der Waals surface area contributed by atoms with Crippen LogP contribution < -0.4 is 10.2 Å². The molecule has 2 amide bonds. The molecule has 2 aromatic rings. The Labute approximate surface area is 170 Å². The maximum Gasteiger partial charge on any atom is 0.238 e.